The summed E-state index contributed by atoms with van der Waals surface area (Å²) in [7, 11) is -3.55. The van der Waals surface area contributed by atoms with E-state index in [9.17, 15) is 18.0 Å². The first-order valence-corrected chi connectivity index (χ1v) is 12.7. The molecule has 2 fully saturated rings. The molecule has 5 rings (SSSR count). The Kier molecular flexibility index (Phi) is 5.45. The lowest BCUT2D eigenvalue weighted by atomic mass is 9.82. The molecule has 2 saturated carbocycles. The van der Waals surface area contributed by atoms with Gasteiger partial charge in [0.1, 0.15) is 17.6 Å². The second-order valence-corrected chi connectivity index (χ2v) is 11.1. The molecular formula is C24H22ClNO6S. The first-order chi connectivity index (χ1) is 15.7. The van der Waals surface area contributed by atoms with Crippen LogP contribution in [0.1, 0.15) is 31.2 Å². The van der Waals surface area contributed by atoms with Gasteiger partial charge in [-0.25, -0.2) is 8.42 Å². The molecule has 1 N–H and O–H groups in total. The van der Waals surface area contributed by atoms with E-state index in [0.717, 1.165) is 5.56 Å². The van der Waals surface area contributed by atoms with E-state index in [2.05, 4.69) is 4.72 Å². The van der Waals surface area contributed by atoms with Gasteiger partial charge in [-0.1, -0.05) is 23.7 Å². The molecule has 0 unspecified atom stereocenters. The summed E-state index contributed by atoms with van der Waals surface area (Å²) in [5.41, 5.74) is 1.66. The van der Waals surface area contributed by atoms with Gasteiger partial charge in [0.25, 0.3) is 0 Å². The van der Waals surface area contributed by atoms with Gasteiger partial charge in [0, 0.05) is 12.0 Å². The fraction of sp³-hybridized carbons (Fsp3) is 0.333. The molecule has 3 aromatic rings. The van der Waals surface area contributed by atoms with E-state index >= 15 is 0 Å². The predicted octanol–water partition coefficient (Wildman–Crippen LogP) is 4.19. The minimum atomic E-state index is -3.55. The zero-order chi connectivity index (χ0) is 23.3. The van der Waals surface area contributed by atoms with Crippen LogP contribution in [-0.4, -0.2) is 25.7 Å². The maximum Gasteiger partial charge on any atom is 0.237 e. The van der Waals surface area contributed by atoms with Crippen LogP contribution in [0, 0.1) is 12.8 Å². The monoisotopic (exact) mass is 487 g/mol. The lowest BCUT2D eigenvalue weighted by molar-refractivity contribution is -0.128. The number of para-hydroxylation sites is 1. The number of halogens is 1. The molecule has 0 spiro atoms. The van der Waals surface area contributed by atoms with E-state index in [1.165, 1.54) is 6.07 Å². The SMILES string of the molecule is Cc1ccc(-c2cc(=O)c3cccc(Cl)c3o2)c(O[C@H]2C[C@H](C(=O)NS(=O)(=O)C3CC3)C2)c1. The number of carbonyl (C=O) groups excluding carboxylic acids is 1. The number of sulfonamides is 1. The molecule has 7 nitrogen and oxygen atoms in total. The van der Waals surface area contributed by atoms with Crippen LogP contribution in [0.15, 0.2) is 51.7 Å². The number of benzene rings is 2. The van der Waals surface area contributed by atoms with E-state index in [0.29, 0.717) is 58.7 Å². The molecule has 0 bridgehead atoms. The van der Waals surface area contributed by atoms with E-state index in [1.807, 2.05) is 25.1 Å². The van der Waals surface area contributed by atoms with Gasteiger partial charge in [0.05, 0.1) is 21.2 Å². The Hall–Kier alpha value is -2.84. The molecule has 33 heavy (non-hydrogen) atoms. The number of nitrogens with one attached hydrogen (secondary N) is 1. The van der Waals surface area contributed by atoms with Gasteiger partial charge in [-0.2, -0.15) is 0 Å². The Bertz CT molecular complexity index is 1420. The van der Waals surface area contributed by atoms with E-state index < -0.39 is 27.1 Å². The van der Waals surface area contributed by atoms with Crippen molar-refractivity contribution in [1.82, 2.24) is 4.72 Å². The second kappa shape index (κ2) is 8.18. The summed E-state index contributed by atoms with van der Waals surface area (Å²) in [6.45, 7) is 1.92. The van der Waals surface area contributed by atoms with Crippen molar-refractivity contribution >= 4 is 38.5 Å². The Labute approximate surface area is 195 Å². The van der Waals surface area contributed by atoms with Crippen molar-refractivity contribution in [3.05, 3.63) is 63.3 Å². The van der Waals surface area contributed by atoms with Gasteiger partial charge in [-0.05, 0) is 62.4 Å². The summed E-state index contributed by atoms with van der Waals surface area (Å²) in [6, 6.07) is 12.0. The largest absolute Gasteiger partial charge is 0.490 e. The molecular weight excluding hydrogens is 466 g/mol. The average molecular weight is 488 g/mol. The van der Waals surface area contributed by atoms with E-state index in [4.69, 9.17) is 20.8 Å². The Balaban J connectivity index is 1.35. The molecule has 0 saturated heterocycles. The Morgan fingerprint density at radius 1 is 1.15 bits per heavy atom. The number of aryl methyl sites for hydroxylation is 1. The minimum absolute atomic E-state index is 0.211. The number of hydrogen-bond acceptors (Lipinski definition) is 6. The highest BCUT2D eigenvalue weighted by Crippen LogP contribution is 2.38. The topological polar surface area (TPSA) is 103 Å². The van der Waals surface area contributed by atoms with Gasteiger partial charge in [-0.3, -0.25) is 14.3 Å². The van der Waals surface area contributed by atoms with Gasteiger partial charge in [-0.15, -0.1) is 0 Å². The molecule has 2 aliphatic carbocycles. The summed E-state index contributed by atoms with van der Waals surface area (Å²) >= 11 is 6.24. The van der Waals surface area contributed by atoms with E-state index in [-0.39, 0.29) is 11.5 Å². The third-order valence-electron chi connectivity index (χ3n) is 6.07. The first-order valence-electron chi connectivity index (χ1n) is 10.8. The van der Waals surface area contributed by atoms with Crippen molar-refractivity contribution in [2.24, 2.45) is 5.92 Å². The lowest BCUT2D eigenvalue weighted by Crippen LogP contribution is -2.46. The van der Waals surface area contributed by atoms with Crippen molar-refractivity contribution in [2.75, 3.05) is 0 Å². The van der Waals surface area contributed by atoms with Crippen LogP contribution in [0.5, 0.6) is 5.75 Å². The molecule has 1 heterocycles. The number of hydrogen-bond donors (Lipinski definition) is 1. The highest BCUT2D eigenvalue weighted by Gasteiger charge is 2.42. The Morgan fingerprint density at radius 2 is 1.91 bits per heavy atom. The van der Waals surface area contributed by atoms with Gasteiger partial charge in [0.2, 0.25) is 15.9 Å². The fourth-order valence-corrected chi connectivity index (χ4v) is 5.53. The zero-order valence-electron chi connectivity index (χ0n) is 17.8. The number of rotatable bonds is 6. The van der Waals surface area contributed by atoms with Crippen molar-refractivity contribution in [3.63, 3.8) is 0 Å². The summed E-state index contributed by atoms with van der Waals surface area (Å²) in [5, 5.41) is 0.304. The lowest BCUT2D eigenvalue weighted by Gasteiger charge is -2.34. The molecule has 2 aliphatic rings. The smallest absolute Gasteiger partial charge is 0.237 e. The minimum Gasteiger partial charge on any atom is -0.490 e. The number of ether oxygens (including phenoxy) is 1. The van der Waals surface area contributed by atoms with Crippen LogP contribution in [0.25, 0.3) is 22.3 Å². The quantitative estimate of drug-likeness (QED) is 0.559. The molecule has 9 heteroatoms. The summed E-state index contributed by atoms with van der Waals surface area (Å²) in [4.78, 5) is 24.9. The molecule has 172 valence electrons. The van der Waals surface area contributed by atoms with Gasteiger partial charge >= 0.3 is 0 Å². The molecule has 0 aliphatic heterocycles. The standard InChI is InChI=1S/C24H22ClNO6S/c1-13-5-8-18(22-12-20(27)17-3-2-4-19(25)23(17)32-22)21(9-13)31-15-10-14(11-15)24(28)26-33(29,30)16-6-7-16/h2-5,8-9,12,14-16H,6-7,10-11H2,1H3,(H,26,28)/t14-,15-. The van der Waals surface area contributed by atoms with Crippen LogP contribution in [0.4, 0.5) is 0 Å². The van der Waals surface area contributed by atoms with Crippen LogP contribution >= 0.6 is 11.6 Å². The zero-order valence-corrected chi connectivity index (χ0v) is 19.4. The first kappa shape index (κ1) is 22.0. The summed E-state index contributed by atoms with van der Waals surface area (Å²) < 4.78 is 38.3. The average Bonchev–Trinajstić information content (AvgIpc) is 3.57. The third-order valence-corrected chi connectivity index (χ3v) is 8.21. The predicted molar refractivity (Wildman–Crippen MR) is 125 cm³/mol. The van der Waals surface area contributed by atoms with Crippen LogP contribution in [0.2, 0.25) is 5.02 Å². The molecule has 1 amide bonds. The molecule has 2 aromatic carbocycles. The second-order valence-electron chi connectivity index (χ2n) is 8.71. The molecule has 1 aromatic heterocycles. The maximum absolute atomic E-state index is 12.6. The number of fused-ring (bicyclic) bond motifs is 1. The number of carbonyl (C=O) groups is 1. The maximum atomic E-state index is 12.6. The molecule has 0 atom stereocenters. The van der Waals surface area contributed by atoms with Crippen LogP contribution < -0.4 is 14.9 Å². The highest BCUT2D eigenvalue weighted by atomic mass is 35.5. The van der Waals surface area contributed by atoms with E-state index in [1.54, 1.807) is 18.2 Å². The normalized spacial score (nSPS) is 20.3. The van der Waals surface area contributed by atoms with Crippen molar-refractivity contribution < 1.29 is 22.4 Å². The van der Waals surface area contributed by atoms with Gasteiger partial charge < -0.3 is 9.15 Å². The summed E-state index contributed by atoms with van der Waals surface area (Å²) in [5.74, 6) is -0.0191. The Morgan fingerprint density at radius 3 is 2.64 bits per heavy atom. The van der Waals surface area contributed by atoms with Crippen molar-refractivity contribution in [3.8, 4) is 17.1 Å². The number of amides is 1. The van der Waals surface area contributed by atoms with Gasteiger partial charge in [0.15, 0.2) is 11.0 Å². The van der Waals surface area contributed by atoms with Crippen molar-refractivity contribution in [1.29, 1.82) is 0 Å². The fourth-order valence-electron chi connectivity index (χ4n) is 3.95. The molecule has 0 radical (unpaired) electrons. The summed E-state index contributed by atoms with van der Waals surface area (Å²) in [6.07, 6.45) is 1.77. The van der Waals surface area contributed by atoms with Crippen molar-refractivity contribution in [2.45, 2.75) is 44.0 Å². The van der Waals surface area contributed by atoms with Crippen LogP contribution in [-0.2, 0) is 14.8 Å². The third kappa shape index (κ3) is 4.37. The highest BCUT2D eigenvalue weighted by molar-refractivity contribution is 7.90. The van der Waals surface area contributed by atoms with Crippen LogP contribution in [0.3, 0.4) is 0 Å².